The van der Waals surface area contributed by atoms with Crippen LogP contribution in [0.2, 0.25) is 0 Å². The maximum atomic E-state index is 10.6. The van der Waals surface area contributed by atoms with Gasteiger partial charge in [-0.05, 0) is 0 Å². The predicted octanol–water partition coefficient (Wildman–Crippen LogP) is -3.44. The Kier molecular flexibility index (Phi) is 6.84. The Morgan fingerprint density at radius 2 is 1.61 bits per heavy atom. The van der Waals surface area contributed by atoms with E-state index in [1.807, 2.05) is 0 Å². The molecule has 18 heavy (non-hydrogen) atoms. The van der Waals surface area contributed by atoms with Crippen LogP contribution in [-0.2, 0) is 18.8 Å². The Morgan fingerprint density at radius 3 is 2.00 bits per heavy atom. The molecule has 0 saturated carbocycles. The number of carbonyl (C=O) groups excluding carboxylic acids is 1. The lowest BCUT2D eigenvalue weighted by atomic mass is 10.0. The molecule has 0 unspecified atom stereocenters. The van der Waals surface area contributed by atoms with Gasteiger partial charge in [0.15, 0.2) is 6.10 Å². The van der Waals surface area contributed by atoms with Gasteiger partial charge in [0.2, 0.25) is 0 Å². The molecule has 0 aliphatic carbocycles. The Hall–Kier alpha value is -0.620. The normalized spacial score (nSPS) is 18.8. The Balaban J connectivity index is 4.40. The standard InChI is InChI=1S/C6H13O11P/c7-2(1-16-18(13,14)15)3(8)4(9)5(10)6(11)17-12/h2-5,7-10,12H,1H2,(H2,13,14,15)/t2-,3-,4+,5-/m1/s1. The molecule has 0 fully saturated rings. The summed E-state index contributed by atoms with van der Waals surface area (Å²) in [5.41, 5.74) is 0. The number of carbonyl (C=O) groups is 1. The molecule has 0 amide bonds. The number of aliphatic hydroxyl groups excluding tert-OH is 4. The number of aliphatic hydroxyl groups is 4. The number of hydrogen-bond donors (Lipinski definition) is 7. The van der Waals surface area contributed by atoms with Gasteiger partial charge < -0.3 is 30.2 Å². The van der Waals surface area contributed by atoms with Crippen LogP contribution in [0.25, 0.3) is 0 Å². The van der Waals surface area contributed by atoms with Gasteiger partial charge in [-0.3, -0.25) is 9.41 Å². The molecule has 0 aliphatic heterocycles. The highest BCUT2D eigenvalue weighted by Gasteiger charge is 2.36. The summed E-state index contributed by atoms with van der Waals surface area (Å²) in [4.78, 5) is 30.2. The highest BCUT2D eigenvalue weighted by molar-refractivity contribution is 7.46. The molecule has 0 aromatic heterocycles. The number of phosphoric acid groups is 1. The lowest BCUT2D eigenvalue weighted by molar-refractivity contribution is -0.249. The third-order valence-corrected chi connectivity index (χ3v) is 2.30. The molecule has 0 aromatic rings. The lowest BCUT2D eigenvalue weighted by Crippen LogP contribution is -2.49. The van der Waals surface area contributed by atoms with Crippen molar-refractivity contribution in [3.8, 4) is 0 Å². The van der Waals surface area contributed by atoms with Crippen molar-refractivity contribution >= 4 is 13.8 Å². The molecule has 0 aromatic carbocycles. The molecule has 108 valence electrons. The van der Waals surface area contributed by atoms with Gasteiger partial charge in [0.1, 0.15) is 18.3 Å². The van der Waals surface area contributed by atoms with Crippen LogP contribution >= 0.6 is 7.82 Å². The van der Waals surface area contributed by atoms with E-state index in [0.717, 1.165) is 0 Å². The number of phosphoric ester groups is 1. The van der Waals surface area contributed by atoms with E-state index < -0.39 is 44.8 Å². The molecule has 0 rings (SSSR count). The van der Waals surface area contributed by atoms with Crippen LogP contribution in [0.3, 0.4) is 0 Å². The molecule has 12 heteroatoms. The minimum Gasteiger partial charge on any atom is -0.388 e. The average Bonchev–Trinajstić information content (AvgIpc) is 2.31. The van der Waals surface area contributed by atoms with Crippen molar-refractivity contribution in [3.05, 3.63) is 0 Å². The smallest absolute Gasteiger partial charge is 0.388 e. The highest BCUT2D eigenvalue weighted by atomic mass is 31.2. The van der Waals surface area contributed by atoms with Gasteiger partial charge in [0.25, 0.3) is 0 Å². The summed E-state index contributed by atoms with van der Waals surface area (Å²) in [6.45, 7) is -1.07. The maximum Gasteiger partial charge on any atom is 0.469 e. The van der Waals surface area contributed by atoms with Gasteiger partial charge in [-0.1, -0.05) is 0 Å². The summed E-state index contributed by atoms with van der Waals surface area (Å²) in [5.74, 6) is -1.69. The molecular formula is C6H13O11P. The fraction of sp³-hybridized carbons (Fsp3) is 0.833. The quantitative estimate of drug-likeness (QED) is 0.140. The van der Waals surface area contributed by atoms with Gasteiger partial charge in [0, 0.05) is 0 Å². The molecule has 0 spiro atoms. The Bertz CT molecular complexity index is 313. The average molecular weight is 292 g/mol. The maximum absolute atomic E-state index is 10.6. The van der Waals surface area contributed by atoms with Crippen molar-refractivity contribution in [1.82, 2.24) is 0 Å². The zero-order valence-electron chi connectivity index (χ0n) is 8.73. The van der Waals surface area contributed by atoms with Crippen molar-refractivity contribution in [2.45, 2.75) is 24.4 Å². The molecule has 11 nitrogen and oxygen atoms in total. The van der Waals surface area contributed by atoms with Crippen LogP contribution < -0.4 is 0 Å². The van der Waals surface area contributed by atoms with Gasteiger partial charge in [-0.2, -0.15) is 5.26 Å². The van der Waals surface area contributed by atoms with Crippen LogP contribution in [-0.4, -0.2) is 72.5 Å². The molecule has 4 atom stereocenters. The van der Waals surface area contributed by atoms with E-state index in [1.165, 1.54) is 0 Å². The summed E-state index contributed by atoms with van der Waals surface area (Å²) in [7, 11) is -4.88. The zero-order chi connectivity index (χ0) is 14.5. The second-order valence-corrected chi connectivity index (χ2v) is 4.43. The summed E-state index contributed by atoms with van der Waals surface area (Å²) in [5, 5.41) is 44.4. The third-order valence-electron chi connectivity index (χ3n) is 1.81. The Labute approximate surface area is 100.0 Å². The molecule has 0 aliphatic rings. The first-order valence-corrected chi connectivity index (χ1v) is 5.90. The number of hydrogen-bond acceptors (Lipinski definition) is 9. The van der Waals surface area contributed by atoms with Gasteiger partial charge in [-0.25, -0.2) is 9.36 Å². The first kappa shape index (κ1) is 17.4. The van der Waals surface area contributed by atoms with Crippen LogP contribution in [0.4, 0.5) is 0 Å². The highest BCUT2D eigenvalue weighted by Crippen LogP contribution is 2.35. The topological polar surface area (TPSA) is 194 Å². The van der Waals surface area contributed by atoms with Crippen molar-refractivity contribution in [3.63, 3.8) is 0 Å². The van der Waals surface area contributed by atoms with Crippen molar-refractivity contribution in [2.75, 3.05) is 6.61 Å². The summed E-state index contributed by atoms with van der Waals surface area (Å²) in [6.07, 6.45) is -8.81. The summed E-state index contributed by atoms with van der Waals surface area (Å²) in [6, 6.07) is 0. The monoisotopic (exact) mass is 292 g/mol. The predicted molar refractivity (Wildman–Crippen MR) is 50.7 cm³/mol. The zero-order valence-corrected chi connectivity index (χ0v) is 9.62. The Morgan fingerprint density at radius 1 is 1.11 bits per heavy atom. The lowest BCUT2D eigenvalue weighted by Gasteiger charge is -2.24. The molecule has 0 heterocycles. The summed E-state index contributed by atoms with van der Waals surface area (Å²) < 4.78 is 14.1. The second kappa shape index (κ2) is 7.09. The second-order valence-electron chi connectivity index (χ2n) is 3.19. The molecule has 0 bridgehead atoms. The minimum absolute atomic E-state index is 1.07. The fourth-order valence-electron chi connectivity index (χ4n) is 0.880. The number of rotatable bonds is 7. The van der Waals surface area contributed by atoms with Gasteiger partial charge in [-0.15, -0.1) is 0 Å². The fourth-order valence-corrected chi connectivity index (χ4v) is 1.23. The van der Waals surface area contributed by atoms with E-state index in [1.54, 1.807) is 0 Å². The van der Waals surface area contributed by atoms with E-state index in [4.69, 9.17) is 30.4 Å². The molecular weight excluding hydrogens is 279 g/mol. The van der Waals surface area contributed by atoms with E-state index in [0.29, 0.717) is 0 Å². The first-order chi connectivity index (χ1) is 8.10. The van der Waals surface area contributed by atoms with Crippen LogP contribution in [0.15, 0.2) is 0 Å². The summed E-state index contributed by atoms with van der Waals surface area (Å²) >= 11 is 0. The molecule has 7 N–H and O–H groups in total. The van der Waals surface area contributed by atoms with Crippen molar-refractivity contribution in [1.29, 1.82) is 0 Å². The van der Waals surface area contributed by atoms with Gasteiger partial charge in [0.05, 0.1) is 6.61 Å². The molecule has 0 saturated heterocycles. The minimum atomic E-state index is -4.88. The van der Waals surface area contributed by atoms with Crippen LogP contribution in [0.5, 0.6) is 0 Å². The first-order valence-electron chi connectivity index (χ1n) is 4.37. The largest absolute Gasteiger partial charge is 0.469 e. The van der Waals surface area contributed by atoms with Gasteiger partial charge >= 0.3 is 13.8 Å². The van der Waals surface area contributed by atoms with E-state index in [9.17, 15) is 14.5 Å². The third kappa shape index (κ3) is 5.82. The van der Waals surface area contributed by atoms with Crippen LogP contribution in [0.1, 0.15) is 0 Å². The van der Waals surface area contributed by atoms with E-state index >= 15 is 0 Å². The van der Waals surface area contributed by atoms with Crippen molar-refractivity contribution < 1.29 is 54.2 Å². The van der Waals surface area contributed by atoms with E-state index in [2.05, 4.69) is 9.41 Å². The van der Waals surface area contributed by atoms with Crippen molar-refractivity contribution in [2.24, 2.45) is 0 Å². The van der Waals surface area contributed by atoms with Crippen LogP contribution in [0, 0.1) is 0 Å². The SMILES string of the molecule is O=C(OO)[C@H](O)[C@@H](O)[C@H](O)[C@H](O)COP(=O)(O)O. The molecule has 0 radical (unpaired) electrons. The van der Waals surface area contributed by atoms with E-state index in [-0.39, 0.29) is 0 Å².